The number of carbonyl (C=O) groups is 3. The lowest BCUT2D eigenvalue weighted by Gasteiger charge is -2.18. The SMILES string of the molecule is CC/C=C\C/C=C\C/C=C\C/C=C\C/C=C\C/C=C\C/C=C\CCCCCCCCCCCCCC(=O)OCC(COC(=O)CC/C=C\C/C=C\C/C=C\C/C=C\CC)OC(=O)CCCCCCCC/C=C\C/C=C\C/C=C\C/C=C\CC. The van der Waals surface area contributed by atoms with Gasteiger partial charge in [0.05, 0.1) is 0 Å². The van der Waals surface area contributed by atoms with Crippen LogP contribution in [0.5, 0.6) is 0 Å². The number of hydrogen-bond acceptors (Lipinski definition) is 6. The zero-order valence-corrected chi connectivity index (χ0v) is 53.1. The molecule has 0 aliphatic rings. The maximum Gasteiger partial charge on any atom is 0.306 e. The Labute approximate surface area is 510 Å². The van der Waals surface area contributed by atoms with E-state index in [1.165, 1.54) is 70.6 Å². The second-order valence-corrected chi connectivity index (χ2v) is 21.2. The highest BCUT2D eigenvalue weighted by Crippen LogP contribution is 2.15. The van der Waals surface area contributed by atoms with Crippen molar-refractivity contribution in [2.75, 3.05) is 13.2 Å². The first-order valence-corrected chi connectivity index (χ1v) is 33.3. The van der Waals surface area contributed by atoms with Crippen LogP contribution in [0.4, 0.5) is 0 Å². The van der Waals surface area contributed by atoms with E-state index >= 15 is 0 Å². The van der Waals surface area contributed by atoms with Crippen molar-refractivity contribution < 1.29 is 28.6 Å². The fourth-order valence-corrected chi connectivity index (χ4v) is 8.55. The number of ether oxygens (including phenoxy) is 3. The molecule has 1 unspecified atom stereocenters. The summed E-state index contributed by atoms with van der Waals surface area (Å²) in [6, 6.07) is 0. The predicted octanol–water partition coefficient (Wildman–Crippen LogP) is 23.2. The van der Waals surface area contributed by atoms with Gasteiger partial charge in [-0.05, 0) is 141 Å². The van der Waals surface area contributed by atoms with E-state index in [1.54, 1.807) is 0 Å². The summed E-state index contributed by atoms with van der Waals surface area (Å²) in [4.78, 5) is 38.3. The highest BCUT2D eigenvalue weighted by Gasteiger charge is 2.19. The van der Waals surface area contributed by atoms with Gasteiger partial charge in [0.2, 0.25) is 0 Å². The lowest BCUT2D eigenvalue weighted by Crippen LogP contribution is -2.30. The van der Waals surface area contributed by atoms with Crippen molar-refractivity contribution in [3.05, 3.63) is 182 Å². The van der Waals surface area contributed by atoms with Crippen molar-refractivity contribution in [1.29, 1.82) is 0 Å². The van der Waals surface area contributed by atoms with Crippen LogP contribution in [0.3, 0.4) is 0 Å². The van der Waals surface area contributed by atoms with Gasteiger partial charge in [0.25, 0.3) is 0 Å². The summed E-state index contributed by atoms with van der Waals surface area (Å²) < 4.78 is 16.8. The molecule has 0 radical (unpaired) electrons. The summed E-state index contributed by atoms with van der Waals surface area (Å²) in [5.41, 5.74) is 0. The minimum Gasteiger partial charge on any atom is -0.462 e. The molecule has 0 aliphatic heterocycles. The molecule has 0 N–H and O–H groups in total. The standard InChI is InChI=1S/C77H120O6/c1-4-7-10-13-16-19-22-25-27-29-31-32-33-34-35-36-37-38-39-40-41-42-43-44-46-47-49-52-55-58-61-64-67-70-76(79)82-73-74(72-81-75(78)69-66-63-60-57-54-51-24-21-18-15-12-9-6-3)83-77(80)71-68-65-62-59-56-53-50-48-45-30-28-26-23-20-17-14-11-8-5-2/h7-12,16-21,25-28,31-32,34-35,37-38,40-41,45,48,51,54,60,63,74H,4-6,13-15,22-24,29-30,33,36,39,42-44,46-47,49-50,52-53,55-59,61-62,64-73H2,1-3H3/b10-7-,11-8-,12-9-,19-16-,20-17-,21-18-,27-25-,28-26-,32-31-,35-34-,38-37-,41-40-,48-45-,54-51-,63-60-. The molecule has 0 fully saturated rings. The molecule has 0 saturated heterocycles. The Balaban J connectivity index is 4.34. The van der Waals surface area contributed by atoms with E-state index in [-0.39, 0.29) is 44.0 Å². The maximum absolute atomic E-state index is 12.9. The Bertz CT molecular complexity index is 1940. The molecule has 0 bridgehead atoms. The van der Waals surface area contributed by atoms with Gasteiger partial charge in [-0.1, -0.05) is 287 Å². The first-order chi connectivity index (χ1) is 41.0. The molecule has 83 heavy (non-hydrogen) atoms. The van der Waals surface area contributed by atoms with E-state index in [0.717, 1.165) is 148 Å². The minimum atomic E-state index is -0.826. The van der Waals surface area contributed by atoms with Crippen LogP contribution >= 0.6 is 0 Å². The van der Waals surface area contributed by atoms with Gasteiger partial charge in [0.1, 0.15) is 13.2 Å². The highest BCUT2D eigenvalue weighted by molar-refractivity contribution is 5.71. The zero-order chi connectivity index (χ0) is 59.9. The molecule has 0 aliphatic carbocycles. The normalized spacial score (nSPS) is 13.3. The molecule has 0 amide bonds. The quantitative estimate of drug-likeness (QED) is 0.0261. The van der Waals surface area contributed by atoms with Gasteiger partial charge in [-0.3, -0.25) is 14.4 Å². The first-order valence-electron chi connectivity index (χ1n) is 33.3. The van der Waals surface area contributed by atoms with Crippen LogP contribution in [0.2, 0.25) is 0 Å². The van der Waals surface area contributed by atoms with E-state index < -0.39 is 6.10 Å². The lowest BCUT2D eigenvalue weighted by molar-refractivity contribution is -0.166. The molecule has 6 nitrogen and oxygen atoms in total. The number of allylic oxidation sites excluding steroid dienone is 30. The molecule has 0 aromatic rings. The van der Waals surface area contributed by atoms with Gasteiger partial charge in [0.15, 0.2) is 6.10 Å². The Morgan fingerprint density at radius 3 is 0.747 bits per heavy atom. The van der Waals surface area contributed by atoms with Gasteiger partial charge >= 0.3 is 17.9 Å². The Morgan fingerprint density at radius 2 is 0.458 bits per heavy atom. The molecule has 0 heterocycles. The third-order valence-corrected chi connectivity index (χ3v) is 13.4. The summed E-state index contributed by atoms with van der Waals surface area (Å²) in [5, 5.41) is 0. The number of unbranched alkanes of at least 4 members (excludes halogenated alkanes) is 17. The van der Waals surface area contributed by atoms with Gasteiger partial charge in [-0.25, -0.2) is 0 Å². The number of carbonyl (C=O) groups excluding carboxylic acids is 3. The summed E-state index contributed by atoms with van der Waals surface area (Å²) >= 11 is 0. The molecule has 0 rings (SSSR count). The predicted molar refractivity (Wildman–Crippen MR) is 361 cm³/mol. The van der Waals surface area contributed by atoms with Crippen LogP contribution in [-0.4, -0.2) is 37.2 Å². The number of hydrogen-bond donors (Lipinski definition) is 0. The summed E-state index contributed by atoms with van der Waals surface area (Å²) in [7, 11) is 0. The number of rotatable bonds is 58. The Kier molecular flexibility index (Phi) is 64.4. The van der Waals surface area contributed by atoms with Crippen molar-refractivity contribution >= 4 is 17.9 Å². The number of esters is 3. The molecule has 0 aromatic heterocycles. The van der Waals surface area contributed by atoms with E-state index in [1.807, 2.05) is 12.2 Å². The van der Waals surface area contributed by atoms with Crippen LogP contribution in [-0.2, 0) is 28.6 Å². The second kappa shape index (κ2) is 69.0. The van der Waals surface area contributed by atoms with Crippen molar-refractivity contribution in [3.8, 4) is 0 Å². The third kappa shape index (κ3) is 67.2. The van der Waals surface area contributed by atoms with Crippen molar-refractivity contribution in [1.82, 2.24) is 0 Å². The molecule has 6 heteroatoms. The van der Waals surface area contributed by atoms with E-state index in [2.05, 4.69) is 191 Å². The van der Waals surface area contributed by atoms with Crippen molar-refractivity contribution in [2.24, 2.45) is 0 Å². The smallest absolute Gasteiger partial charge is 0.306 e. The van der Waals surface area contributed by atoms with Crippen LogP contribution in [0.15, 0.2) is 182 Å². The summed E-state index contributed by atoms with van der Waals surface area (Å²) in [6.45, 7) is 6.21. The molecule has 0 saturated carbocycles. The molecule has 1 atom stereocenters. The van der Waals surface area contributed by atoms with Crippen molar-refractivity contribution in [3.63, 3.8) is 0 Å². The van der Waals surface area contributed by atoms with Crippen LogP contribution in [0.1, 0.15) is 265 Å². The highest BCUT2D eigenvalue weighted by atomic mass is 16.6. The van der Waals surface area contributed by atoms with Gasteiger partial charge in [0, 0.05) is 19.3 Å². The topological polar surface area (TPSA) is 78.9 Å². The second-order valence-electron chi connectivity index (χ2n) is 21.2. The summed E-state index contributed by atoms with van der Waals surface area (Å²) in [5.74, 6) is -1.02. The van der Waals surface area contributed by atoms with Crippen molar-refractivity contribution in [2.45, 2.75) is 271 Å². The van der Waals surface area contributed by atoms with Gasteiger partial charge in [-0.15, -0.1) is 0 Å². The van der Waals surface area contributed by atoms with Gasteiger partial charge < -0.3 is 14.2 Å². The average molecular weight is 1140 g/mol. The first kappa shape index (κ1) is 77.5. The van der Waals surface area contributed by atoms with Gasteiger partial charge in [-0.2, -0.15) is 0 Å². The van der Waals surface area contributed by atoms with Crippen LogP contribution < -0.4 is 0 Å². The largest absolute Gasteiger partial charge is 0.462 e. The van der Waals surface area contributed by atoms with Crippen LogP contribution in [0, 0.1) is 0 Å². The average Bonchev–Trinajstić information content (AvgIpc) is 3.49. The molecular formula is C77H120O6. The molecular weight excluding hydrogens is 1020 g/mol. The lowest BCUT2D eigenvalue weighted by atomic mass is 10.0. The monoisotopic (exact) mass is 1140 g/mol. The molecule has 0 spiro atoms. The van der Waals surface area contributed by atoms with Crippen LogP contribution in [0.25, 0.3) is 0 Å². The van der Waals surface area contributed by atoms with E-state index in [4.69, 9.17) is 14.2 Å². The Hall–Kier alpha value is -5.49. The Morgan fingerprint density at radius 1 is 0.241 bits per heavy atom. The minimum absolute atomic E-state index is 0.115. The fraction of sp³-hybridized carbons (Fsp3) is 0.571. The van der Waals surface area contributed by atoms with E-state index in [0.29, 0.717) is 12.8 Å². The summed E-state index contributed by atoms with van der Waals surface area (Å²) in [6.07, 6.45) is 104. The molecule has 0 aromatic carbocycles. The molecule has 464 valence electrons. The third-order valence-electron chi connectivity index (χ3n) is 13.4. The zero-order valence-electron chi connectivity index (χ0n) is 53.1. The van der Waals surface area contributed by atoms with E-state index in [9.17, 15) is 14.4 Å². The maximum atomic E-state index is 12.9. The fourth-order valence-electron chi connectivity index (χ4n) is 8.55.